The summed E-state index contributed by atoms with van der Waals surface area (Å²) in [6.45, 7) is 5.62. The van der Waals surface area contributed by atoms with E-state index in [1.807, 2.05) is 50.2 Å². The third-order valence-corrected chi connectivity index (χ3v) is 6.41. The molecule has 176 valence electrons. The van der Waals surface area contributed by atoms with Gasteiger partial charge in [-0.15, -0.1) is 0 Å². The maximum Gasteiger partial charge on any atom is 0.335 e. The van der Waals surface area contributed by atoms with Gasteiger partial charge in [-0.25, -0.2) is 9.69 Å². The minimum Gasteiger partial charge on any atom is -0.367 e. The summed E-state index contributed by atoms with van der Waals surface area (Å²) in [6.07, 6.45) is 3.55. The van der Waals surface area contributed by atoms with Crippen LogP contribution in [0.15, 0.2) is 72.3 Å². The summed E-state index contributed by atoms with van der Waals surface area (Å²) in [5.41, 5.74) is 6.63. The number of urea groups is 1. The molecular weight excluding hydrogens is 438 g/mol. The van der Waals surface area contributed by atoms with Crippen molar-refractivity contribution in [2.75, 3.05) is 16.3 Å². The van der Waals surface area contributed by atoms with Gasteiger partial charge in [0.1, 0.15) is 5.57 Å². The summed E-state index contributed by atoms with van der Waals surface area (Å²) in [5.74, 6) is -1.30. The third kappa shape index (κ3) is 4.60. The van der Waals surface area contributed by atoms with Gasteiger partial charge >= 0.3 is 6.03 Å². The molecule has 1 saturated heterocycles. The lowest BCUT2D eigenvalue weighted by Crippen LogP contribution is -2.54. The SMILES string of the molecule is Cc1cc(C)cc(N2C(=O)NC(=O)C(=Cc3ccc4c(c3)CCCN4Cc3ccccc3)C2=O)c1. The molecule has 0 atom stereocenters. The minimum absolute atomic E-state index is 0.0549. The Morgan fingerprint density at radius 3 is 2.40 bits per heavy atom. The van der Waals surface area contributed by atoms with Crippen LogP contribution in [0.5, 0.6) is 0 Å². The number of hydrogen-bond acceptors (Lipinski definition) is 4. The first-order valence-electron chi connectivity index (χ1n) is 11.8. The summed E-state index contributed by atoms with van der Waals surface area (Å²) >= 11 is 0. The van der Waals surface area contributed by atoms with E-state index in [2.05, 4.69) is 28.4 Å². The number of anilines is 2. The number of benzene rings is 3. The number of aryl methyl sites for hydroxylation is 3. The van der Waals surface area contributed by atoms with Crippen molar-refractivity contribution in [3.63, 3.8) is 0 Å². The summed E-state index contributed by atoms with van der Waals surface area (Å²) in [5, 5.41) is 2.31. The van der Waals surface area contributed by atoms with Gasteiger partial charge in [0.25, 0.3) is 11.8 Å². The number of barbiturate groups is 1. The third-order valence-electron chi connectivity index (χ3n) is 6.41. The molecule has 1 N–H and O–H groups in total. The van der Waals surface area contributed by atoms with Crippen LogP contribution in [0.4, 0.5) is 16.2 Å². The molecule has 1 fully saturated rings. The van der Waals surface area contributed by atoms with Gasteiger partial charge in [-0.2, -0.15) is 0 Å². The second kappa shape index (κ2) is 9.22. The van der Waals surface area contributed by atoms with Crippen LogP contribution in [0, 0.1) is 13.8 Å². The van der Waals surface area contributed by atoms with Crippen LogP contribution in [0.25, 0.3) is 6.08 Å². The fraction of sp³-hybridized carbons (Fsp3) is 0.207. The quantitative estimate of drug-likeness (QED) is 0.439. The Bertz CT molecular complexity index is 1340. The van der Waals surface area contributed by atoms with Gasteiger partial charge in [-0.1, -0.05) is 42.5 Å². The van der Waals surface area contributed by atoms with Crippen LogP contribution in [0.3, 0.4) is 0 Å². The molecule has 0 aliphatic carbocycles. The second-order valence-corrected chi connectivity index (χ2v) is 9.20. The lowest BCUT2D eigenvalue weighted by Gasteiger charge is -2.32. The van der Waals surface area contributed by atoms with Gasteiger partial charge in [0.2, 0.25) is 0 Å². The Balaban J connectivity index is 1.45. The highest BCUT2D eigenvalue weighted by molar-refractivity contribution is 6.39. The summed E-state index contributed by atoms with van der Waals surface area (Å²) < 4.78 is 0. The average Bonchev–Trinajstić information content (AvgIpc) is 2.82. The number of hydrogen-bond donors (Lipinski definition) is 1. The zero-order valence-electron chi connectivity index (χ0n) is 19.9. The minimum atomic E-state index is -0.732. The molecule has 3 aromatic carbocycles. The highest BCUT2D eigenvalue weighted by Crippen LogP contribution is 2.31. The maximum absolute atomic E-state index is 13.3. The highest BCUT2D eigenvalue weighted by Gasteiger charge is 2.37. The lowest BCUT2D eigenvalue weighted by atomic mass is 9.97. The fourth-order valence-corrected chi connectivity index (χ4v) is 4.89. The largest absolute Gasteiger partial charge is 0.367 e. The summed E-state index contributed by atoms with van der Waals surface area (Å²) in [7, 11) is 0. The smallest absolute Gasteiger partial charge is 0.335 e. The molecule has 2 heterocycles. The molecule has 0 saturated carbocycles. The first kappa shape index (κ1) is 22.6. The molecule has 0 bridgehead atoms. The molecule has 0 radical (unpaired) electrons. The molecule has 35 heavy (non-hydrogen) atoms. The van der Waals surface area contributed by atoms with Gasteiger partial charge < -0.3 is 4.90 Å². The predicted molar refractivity (Wildman–Crippen MR) is 137 cm³/mol. The molecular formula is C29H27N3O3. The number of nitrogens with one attached hydrogen (secondary N) is 1. The number of fused-ring (bicyclic) bond motifs is 1. The summed E-state index contributed by atoms with van der Waals surface area (Å²) in [6, 6.07) is 21.2. The Kier molecular flexibility index (Phi) is 5.95. The van der Waals surface area contributed by atoms with Crippen molar-refractivity contribution in [3.05, 3.63) is 100 Å². The first-order valence-corrected chi connectivity index (χ1v) is 11.8. The molecule has 6 heteroatoms. The lowest BCUT2D eigenvalue weighted by molar-refractivity contribution is -0.122. The average molecular weight is 466 g/mol. The van der Waals surface area contributed by atoms with Crippen molar-refractivity contribution in [1.29, 1.82) is 0 Å². The number of imide groups is 2. The van der Waals surface area contributed by atoms with E-state index in [9.17, 15) is 14.4 Å². The number of nitrogens with zero attached hydrogens (tertiary/aromatic N) is 2. The van der Waals surface area contributed by atoms with Crippen LogP contribution in [0.2, 0.25) is 0 Å². The standard InChI is InChI=1S/C29H27N3O3/c1-19-13-20(2)15-24(14-19)32-28(34)25(27(33)30-29(32)35)17-22-10-11-26-23(16-22)9-6-12-31(26)18-21-7-4-3-5-8-21/h3-5,7-8,10-11,13-17H,6,9,12,18H2,1-2H3,(H,30,33,35). The van der Waals surface area contributed by atoms with E-state index in [0.717, 1.165) is 47.5 Å². The van der Waals surface area contributed by atoms with Crippen molar-refractivity contribution in [1.82, 2.24) is 5.32 Å². The molecule has 4 amide bonds. The topological polar surface area (TPSA) is 69.7 Å². The molecule has 2 aliphatic rings. The van der Waals surface area contributed by atoms with Crippen LogP contribution >= 0.6 is 0 Å². The van der Waals surface area contributed by atoms with E-state index >= 15 is 0 Å². The molecule has 5 rings (SSSR count). The predicted octanol–water partition coefficient (Wildman–Crippen LogP) is 4.92. The maximum atomic E-state index is 13.3. The van der Waals surface area contributed by atoms with Crippen molar-refractivity contribution < 1.29 is 14.4 Å². The van der Waals surface area contributed by atoms with E-state index in [0.29, 0.717) is 5.69 Å². The number of rotatable bonds is 4. The van der Waals surface area contributed by atoms with Gasteiger partial charge in [0.05, 0.1) is 5.69 Å². The second-order valence-electron chi connectivity index (χ2n) is 9.20. The molecule has 0 aromatic heterocycles. The van der Waals surface area contributed by atoms with E-state index in [4.69, 9.17) is 0 Å². The Hall–Kier alpha value is -4.19. The normalized spacial score (nSPS) is 17.0. The molecule has 0 spiro atoms. The van der Waals surface area contributed by atoms with Crippen molar-refractivity contribution >= 4 is 35.3 Å². The number of carbonyl (C=O) groups excluding carboxylic acids is 3. The zero-order chi connectivity index (χ0) is 24.5. The highest BCUT2D eigenvalue weighted by atomic mass is 16.2. The van der Waals surface area contributed by atoms with Crippen LogP contribution in [-0.2, 0) is 22.6 Å². The van der Waals surface area contributed by atoms with Gasteiger partial charge in [0.15, 0.2) is 0 Å². The van der Waals surface area contributed by atoms with Gasteiger partial charge in [-0.05, 0) is 84.8 Å². The zero-order valence-corrected chi connectivity index (χ0v) is 19.9. The fourth-order valence-electron chi connectivity index (χ4n) is 4.89. The Morgan fingerprint density at radius 1 is 0.914 bits per heavy atom. The van der Waals surface area contributed by atoms with Crippen LogP contribution in [-0.4, -0.2) is 24.4 Å². The van der Waals surface area contributed by atoms with Crippen LogP contribution < -0.4 is 15.1 Å². The van der Waals surface area contributed by atoms with Crippen molar-refractivity contribution in [2.45, 2.75) is 33.2 Å². The van der Waals surface area contributed by atoms with Gasteiger partial charge in [0, 0.05) is 18.8 Å². The van der Waals surface area contributed by atoms with E-state index in [1.165, 1.54) is 16.8 Å². The van der Waals surface area contributed by atoms with E-state index in [-0.39, 0.29) is 5.57 Å². The summed E-state index contributed by atoms with van der Waals surface area (Å²) in [4.78, 5) is 41.9. The van der Waals surface area contributed by atoms with Gasteiger partial charge in [-0.3, -0.25) is 14.9 Å². The molecule has 6 nitrogen and oxygen atoms in total. The van der Waals surface area contributed by atoms with Crippen LogP contribution in [0.1, 0.15) is 34.2 Å². The van der Waals surface area contributed by atoms with E-state index < -0.39 is 17.8 Å². The Morgan fingerprint density at radius 2 is 1.66 bits per heavy atom. The van der Waals surface area contributed by atoms with Crippen molar-refractivity contribution in [2.24, 2.45) is 0 Å². The number of amides is 4. The molecule has 3 aromatic rings. The molecule has 0 unspecified atom stereocenters. The Labute approximate surface area is 204 Å². The number of carbonyl (C=O) groups is 3. The monoisotopic (exact) mass is 465 g/mol. The van der Waals surface area contributed by atoms with E-state index in [1.54, 1.807) is 18.2 Å². The first-order chi connectivity index (χ1) is 16.9. The van der Waals surface area contributed by atoms with Crippen molar-refractivity contribution in [3.8, 4) is 0 Å². The molecule has 2 aliphatic heterocycles.